The summed E-state index contributed by atoms with van der Waals surface area (Å²) < 4.78 is 11.4. The van der Waals surface area contributed by atoms with Gasteiger partial charge < -0.3 is 30.1 Å². The van der Waals surface area contributed by atoms with Gasteiger partial charge in [-0.15, -0.1) is 0 Å². The van der Waals surface area contributed by atoms with Crippen LogP contribution in [0.1, 0.15) is 83.0 Å². The van der Waals surface area contributed by atoms with Crippen LogP contribution in [0.5, 0.6) is 0 Å². The average Bonchev–Trinajstić information content (AvgIpc) is 2.83. The number of hydrogen-bond donors (Lipinski definition) is 4. The molecule has 1 heterocycles. The van der Waals surface area contributed by atoms with Crippen molar-refractivity contribution >= 4 is 29.1 Å². The number of carbonyl (C=O) groups excluding carboxylic acids is 1. The highest BCUT2D eigenvalue weighted by atomic mass is 35.5. The van der Waals surface area contributed by atoms with E-state index in [-0.39, 0.29) is 5.02 Å². The number of aliphatic hydroxyl groups excluding tert-OH is 3. The first kappa shape index (κ1) is 29.3. The van der Waals surface area contributed by atoms with Crippen LogP contribution in [0.15, 0.2) is 18.2 Å². The van der Waals surface area contributed by atoms with Crippen LogP contribution in [0.2, 0.25) is 10.0 Å². The minimum absolute atomic E-state index is 0.277. The van der Waals surface area contributed by atoms with Crippen LogP contribution in [0.4, 0.5) is 0 Å². The van der Waals surface area contributed by atoms with Crippen LogP contribution in [0.3, 0.4) is 0 Å². The number of aliphatic hydroxyl groups is 3. The molecule has 0 radical (unpaired) electrons. The van der Waals surface area contributed by atoms with Crippen molar-refractivity contribution in [3.63, 3.8) is 0 Å². The van der Waals surface area contributed by atoms with Crippen LogP contribution in [-0.2, 0) is 14.3 Å². The Morgan fingerprint density at radius 1 is 1.00 bits per heavy atom. The van der Waals surface area contributed by atoms with Gasteiger partial charge in [0.25, 0.3) is 5.91 Å². The Kier molecular flexibility index (Phi) is 13.7. The molecule has 1 aliphatic heterocycles. The van der Waals surface area contributed by atoms with Crippen molar-refractivity contribution in [3.8, 4) is 0 Å². The van der Waals surface area contributed by atoms with Crippen molar-refractivity contribution < 1.29 is 29.6 Å². The average molecular weight is 520 g/mol. The molecule has 1 unspecified atom stereocenters. The highest BCUT2D eigenvalue weighted by Crippen LogP contribution is 2.34. The van der Waals surface area contributed by atoms with Crippen LogP contribution in [0, 0.1) is 0 Å². The van der Waals surface area contributed by atoms with Gasteiger partial charge in [-0.25, -0.2) is 0 Å². The molecule has 0 aliphatic carbocycles. The van der Waals surface area contributed by atoms with Gasteiger partial charge in [0, 0.05) is 12.1 Å². The fraction of sp³-hybridized carbons (Fsp3) is 0.720. The van der Waals surface area contributed by atoms with E-state index >= 15 is 0 Å². The fourth-order valence-corrected chi connectivity index (χ4v) is 4.33. The molecule has 34 heavy (non-hydrogen) atoms. The second kappa shape index (κ2) is 15.9. The normalized spacial score (nSPS) is 23.6. The molecule has 1 aromatic carbocycles. The largest absolute Gasteiger partial charge is 0.394 e. The molecule has 1 aromatic rings. The van der Waals surface area contributed by atoms with Crippen molar-refractivity contribution in [1.29, 1.82) is 0 Å². The summed E-state index contributed by atoms with van der Waals surface area (Å²) in [6.07, 6.45) is 5.54. The van der Waals surface area contributed by atoms with E-state index in [1.807, 2.05) is 0 Å². The molecule has 0 bridgehead atoms. The molecule has 7 nitrogen and oxygen atoms in total. The van der Waals surface area contributed by atoms with Gasteiger partial charge in [0.2, 0.25) is 0 Å². The third kappa shape index (κ3) is 9.26. The smallest absolute Gasteiger partial charge is 0.252 e. The summed E-state index contributed by atoms with van der Waals surface area (Å²) in [5, 5.41) is 33.5. The number of amides is 1. The van der Waals surface area contributed by atoms with E-state index in [4.69, 9.17) is 32.7 Å². The molecule has 1 saturated heterocycles. The Hall–Kier alpha value is -0.930. The Morgan fingerprint density at radius 3 is 2.21 bits per heavy atom. The topological polar surface area (TPSA) is 108 Å². The summed E-state index contributed by atoms with van der Waals surface area (Å²) in [6, 6.07) is 4.72. The van der Waals surface area contributed by atoms with Gasteiger partial charge in [-0.3, -0.25) is 4.79 Å². The fourth-order valence-electron chi connectivity index (χ4n) is 4.02. The van der Waals surface area contributed by atoms with E-state index < -0.39 is 43.2 Å². The van der Waals surface area contributed by atoms with Crippen molar-refractivity contribution in [2.75, 3.05) is 13.2 Å². The summed E-state index contributed by atoms with van der Waals surface area (Å²) in [5.41, 5.74) is 0.476. The molecule has 1 fully saturated rings. The van der Waals surface area contributed by atoms with Gasteiger partial charge >= 0.3 is 0 Å². The predicted molar refractivity (Wildman–Crippen MR) is 133 cm³/mol. The van der Waals surface area contributed by atoms with Gasteiger partial charge in [0.05, 0.1) is 16.7 Å². The first-order valence-corrected chi connectivity index (χ1v) is 13.1. The Balaban J connectivity index is 1.82. The van der Waals surface area contributed by atoms with E-state index in [1.165, 1.54) is 51.0 Å². The Morgan fingerprint density at radius 2 is 1.62 bits per heavy atom. The van der Waals surface area contributed by atoms with Crippen molar-refractivity contribution in [2.24, 2.45) is 0 Å². The highest BCUT2D eigenvalue weighted by molar-refractivity contribution is 6.42. The number of unbranched alkanes of at least 4 members (excludes halogenated alkanes) is 9. The summed E-state index contributed by atoms with van der Waals surface area (Å²) in [4.78, 5) is 12.8. The summed E-state index contributed by atoms with van der Waals surface area (Å²) >= 11 is 12.1. The number of nitrogens with one attached hydrogen (secondary N) is 1. The number of hydrogen-bond acceptors (Lipinski definition) is 6. The summed E-state index contributed by atoms with van der Waals surface area (Å²) in [6.45, 7) is 2.05. The molecule has 0 aromatic heterocycles. The molecular weight excluding hydrogens is 481 g/mol. The van der Waals surface area contributed by atoms with Gasteiger partial charge in [0.15, 0.2) is 12.4 Å². The van der Waals surface area contributed by atoms with E-state index in [0.717, 1.165) is 19.3 Å². The number of carbonyl (C=O) groups is 1. The molecule has 0 saturated carbocycles. The zero-order valence-electron chi connectivity index (χ0n) is 19.9. The van der Waals surface area contributed by atoms with Gasteiger partial charge in [0.1, 0.15) is 18.3 Å². The minimum Gasteiger partial charge on any atom is -0.394 e. The van der Waals surface area contributed by atoms with Crippen LogP contribution in [0.25, 0.3) is 0 Å². The maximum Gasteiger partial charge on any atom is 0.252 e. The van der Waals surface area contributed by atoms with E-state index in [1.54, 1.807) is 12.1 Å². The summed E-state index contributed by atoms with van der Waals surface area (Å²) in [7, 11) is 0. The van der Waals surface area contributed by atoms with Crippen molar-refractivity contribution in [2.45, 2.75) is 102 Å². The molecule has 1 aliphatic rings. The van der Waals surface area contributed by atoms with Gasteiger partial charge in [-0.1, -0.05) is 94.0 Å². The molecule has 4 N–H and O–H groups in total. The second-order valence-electron chi connectivity index (χ2n) is 8.88. The lowest BCUT2D eigenvalue weighted by Gasteiger charge is -2.40. The van der Waals surface area contributed by atoms with Crippen LogP contribution >= 0.6 is 23.2 Å². The third-order valence-corrected chi connectivity index (χ3v) is 6.81. The molecule has 1 amide bonds. The van der Waals surface area contributed by atoms with Crippen molar-refractivity contribution in [3.05, 3.63) is 33.8 Å². The molecule has 194 valence electrons. The number of rotatable bonds is 15. The molecule has 9 heteroatoms. The number of benzene rings is 1. The predicted octanol–water partition coefficient (Wildman–Crippen LogP) is 4.53. The lowest BCUT2D eigenvalue weighted by molar-refractivity contribution is -0.299. The zero-order chi connectivity index (χ0) is 24.9. The lowest BCUT2D eigenvalue weighted by atomic mass is 10.00. The Labute approximate surface area is 212 Å². The van der Waals surface area contributed by atoms with Gasteiger partial charge in [-0.05, 0) is 18.6 Å². The molecular formula is C25H39Cl2NO6. The Bertz CT molecular complexity index is 737. The zero-order valence-corrected chi connectivity index (χ0v) is 21.4. The maximum absolute atomic E-state index is 12.8. The number of ether oxygens (including phenoxy) is 2. The van der Waals surface area contributed by atoms with Crippen LogP contribution < -0.4 is 5.32 Å². The van der Waals surface area contributed by atoms with E-state index in [9.17, 15) is 20.1 Å². The lowest BCUT2D eigenvalue weighted by Crippen LogP contribution is -2.58. The standard InChI is InChI=1S/C25H39Cl2NO6/c1-2-3-4-5-6-7-8-9-10-11-14-28-24(32)23-21(31)22(20(30)16-29)33-25(34-23)17-12-13-18(26)19(27)15-17/h12-13,15,20-23,25,29-31H,2-11,14,16H2,1H3,(H,28,32)/t20-,21+,22-,23-,25?/m0/s1. The molecule has 2 rings (SSSR count). The van der Waals surface area contributed by atoms with Crippen LogP contribution in [-0.4, -0.2) is 58.8 Å². The number of halogens is 2. The van der Waals surface area contributed by atoms with E-state index in [0.29, 0.717) is 17.1 Å². The van der Waals surface area contributed by atoms with Crippen molar-refractivity contribution in [1.82, 2.24) is 5.32 Å². The summed E-state index contributed by atoms with van der Waals surface area (Å²) in [5.74, 6) is -0.494. The third-order valence-electron chi connectivity index (χ3n) is 6.07. The van der Waals surface area contributed by atoms with Gasteiger partial charge in [-0.2, -0.15) is 0 Å². The maximum atomic E-state index is 12.8. The monoisotopic (exact) mass is 519 g/mol. The second-order valence-corrected chi connectivity index (χ2v) is 9.69. The SMILES string of the molecule is CCCCCCCCCCCCNC(=O)[C@H]1OC(c2ccc(Cl)c(Cl)c2)O[C@@H]([C@@H](O)CO)[C@H]1O. The minimum atomic E-state index is -1.45. The van der Waals surface area contributed by atoms with E-state index in [2.05, 4.69) is 12.2 Å². The molecule has 0 spiro atoms. The molecule has 5 atom stereocenters. The quantitative estimate of drug-likeness (QED) is 0.253. The first-order chi connectivity index (χ1) is 16.4. The first-order valence-electron chi connectivity index (χ1n) is 12.4. The highest BCUT2D eigenvalue weighted by Gasteiger charge is 2.45.